The van der Waals surface area contributed by atoms with Gasteiger partial charge in [0.05, 0.1) is 11.0 Å². The quantitative estimate of drug-likeness (QED) is 0.251. The molecule has 0 radical (unpaired) electrons. The first-order valence-electron chi connectivity index (χ1n) is 12.5. The van der Waals surface area contributed by atoms with Crippen molar-refractivity contribution in [1.29, 1.82) is 0 Å². The zero-order valence-corrected chi connectivity index (χ0v) is 21.0. The van der Waals surface area contributed by atoms with E-state index in [1.807, 2.05) is 0 Å². The molecule has 6 aromatic rings. The fourth-order valence-electron chi connectivity index (χ4n) is 5.09. The fraction of sp³-hybridized carbons (Fsp3) is 0.118. The summed E-state index contributed by atoms with van der Waals surface area (Å²) in [5.74, 6) is 0. The average molecular weight is 467 g/mol. The van der Waals surface area contributed by atoms with Gasteiger partial charge in [-0.2, -0.15) is 0 Å². The minimum atomic E-state index is 0.100. The van der Waals surface area contributed by atoms with E-state index < -0.39 is 0 Å². The number of anilines is 3. The lowest BCUT2D eigenvalue weighted by Gasteiger charge is -2.26. The second-order valence-corrected chi connectivity index (χ2v) is 10.4. The van der Waals surface area contributed by atoms with Crippen LogP contribution in [0.25, 0.3) is 27.5 Å². The molecule has 0 saturated carbocycles. The van der Waals surface area contributed by atoms with Crippen molar-refractivity contribution >= 4 is 38.9 Å². The van der Waals surface area contributed by atoms with E-state index >= 15 is 0 Å². The van der Waals surface area contributed by atoms with Crippen molar-refractivity contribution in [2.45, 2.75) is 26.2 Å². The van der Waals surface area contributed by atoms with Crippen molar-refractivity contribution in [3.63, 3.8) is 0 Å². The lowest BCUT2D eigenvalue weighted by atomic mass is 9.86. The summed E-state index contributed by atoms with van der Waals surface area (Å²) in [6, 6.07) is 45.7. The van der Waals surface area contributed by atoms with Crippen LogP contribution in [0.5, 0.6) is 0 Å². The number of nitrogens with zero attached hydrogens (tertiary/aromatic N) is 2. The third-order valence-electron chi connectivity index (χ3n) is 6.91. The molecule has 5 aromatic carbocycles. The molecule has 2 heteroatoms. The molecule has 1 aromatic heterocycles. The van der Waals surface area contributed by atoms with Gasteiger partial charge in [0.1, 0.15) is 0 Å². The molecule has 2 nitrogen and oxygen atoms in total. The molecule has 1 heterocycles. The molecule has 0 unspecified atom stereocenters. The van der Waals surface area contributed by atoms with Crippen molar-refractivity contribution in [3.8, 4) is 5.69 Å². The Kier molecular flexibility index (Phi) is 5.38. The van der Waals surface area contributed by atoms with Crippen LogP contribution >= 0.6 is 0 Å². The maximum absolute atomic E-state index is 2.40. The minimum Gasteiger partial charge on any atom is -0.310 e. The number of benzene rings is 5. The fourth-order valence-corrected chi connectivity index (χ4v) is 5.09. The molecular formula is C34H30N2. The standard InChI is InChI=1S/C34H30N2/c1-34(2,3)25-21-22-33-31(23-25)30-19-10-11-20-32(30)36(33)29-18-12-17-28(24-29)35(26-13-6-4-7-14-26)27-15-8-5-9-16-27/h4-24H,1-3H3. The van der Waals surface area contributed by atoms with Gasteiger partial charge in [-0.15, -0.1) is 0 Å². The summed E-state index contributed by atoms with van der Waals surface area (Å²) in [5.41, 5.74) is 8.46. The van der Waals surface area contributed by atoms with E-state index in [0.717, 1.165) is 22.7 Å². The highest BCUT2D eigenvalue weighted by atomic mass is 15.1. The van der Waals surface area contributed by atoms with Crippen LogP contribution in [-0.2, 0) is 5.41 Å². The summed E-state index contributed by atoms with van der Waals surface area (Å²) >= 11 is 0. The highest BCUT2D eigenvalue weighted by Crippen LogP contribution is 2.38. The van der Waals surface area contributed by atoms with Gasteiger partial charge in [0.25, 0.3) is 0 Å². The van der Waals surface area contributed by atoms with Crippen LogP contribution in [0.3, 0.4) is 0 Å². The molecule has 176 valence electrons. The number of para-hydroxylation sites is 3. The summed E-state index contributed by atoms with van der Waals surface area (Å²) < 4.78 is 2.40. The topological polar surface area (TPSA) is 8.17 Å². The van der Waals surface area contributed by atoms with Crippen molar-refractivity contribution < 1.29 is 0 Å². The third kappa shape index (κ3) is 3.85. The van der Waals surface area contributed by atoms with Gasteiger partial charge in [-0.1, -0.05) is 87.5 Å². The van der Waals surface area contributed by atoms with Crippen molar-refractivity contribution in [2.24, 2.45) is 0 Å². The molecule has 0 bridgehead atoms. The predicted octanol–water partition coefficient (Wildman–Crippen LogP) is 9.55. The van der Waals surface area contributed by atoms with Gasteiger partial charge in [0.2, 0.25) is 0 Å². The van der Waals surface area contributed by atoms with Gasteiger partial charge in [0, 0.05) is 33.5 Å². The van der Waals surface area contributed by atoms with E-state index in [2.05, 4.69) is 158 Å². The van der Waals surface area contributed by atoms with Gasteiger partial charge in [-0.05, 0) is 71.6 Å². The second kappa shape index (κ2) is 8.73. The van der Waals surface area contributed by atoms with E-state index in [1.54, 1.807) is 0 Å². The van der Waals surface area contributed by atoms with E-state index in [4.69, 9.17) is 0 Å². The van der Waals surface area contributed by atoms with E-state index in [9.17, 15) is 0 Å². The number of hydrogen-bond donors (Lipinski definition) is 0. The maximum atomic E-state index is 2.40. The smallest absolute Gasteiger partial charge is 0.0541 e. The molecule has 0 fully saturated rings. The minimum absolute atomic E-state index is 0.100. The normalized spacial score (nSPS) is 11.8. The van der Waals surface area contributed by atoms with Gasteiger partial charge in [0.15, 0.2) is 0 Å². The lowest BCUT2D eigenvalue weighted by Crippen LogP contribution is -2.10. The van der Waals surface area contributed by atoms with Crippen LogP contribution in [0.1, 0.15) is 26.3 Å². The molecule has 0 aliphatic heterocycles. The Labute approximate surface area is 213 Å². The molecule has 6 rings (SSSR count). The molecule has 0 N–H and O–H groups in total. The number of aromatic nitrogens is 1. The SMILES string of the molecule is CC(C)(C)c1ccc2c(c1)c1ccccc1n2-c1cccc(N(c2ccccc2)c2ccccc2)c1. The highest BCUT2D eigenvalue weighted by Gasteiger charge is 2.19. The summed E-state index contributed by atoms with van der Waals surface area (Å²) in [4.78, 5) is 2.31. The van der Waals surface area contributed by atoms with Crippen LogP contribution in [0.4, 0.5) is 17.1 Å². The zero-order chi connectivity index (χ0) is 24.7. The van der Waals surface area contributed by atoms with Crippen molar-refractivity contribution in [1.82, 2.24) is 4.57 Å². The predicted molar refractivity (Wildman–Crippen MR) is 154 cm³/mol. The van der Waals surface area contributed by atoms with Crippen molar-refractivity contribution in [3.05, 3.63) is 133 Å². The van der Waals surface area contributed by atoms with Gasteiger partial charge >= 0.3 is 0 Å². The monoisotopic (exact) mass is 466 g/mol. The maximum Gasteiger partial charge on any atom is 0.0541 e. The largest absolute Gasteiger partial charge is 0.310 e. The van der Waals surface area contributed by atoms with Gasteiger partial charge < -0.3 is 9.47 Å². The Morgan fingerprint density at radius 2 is 1.08 bits per heavy atom. The van der Waals surface area contributed by atoms with Gasteiger partial charge in [-0.25, -0.2) is 0 Å². The number of fused-ring (bicyclic) bond motifs is 3. The first-order valence-corrected chi connectivity index (χ1v) is 12.5. The molecule has 0 amide bonds. The zero-order valence-electron chi connectivity index (χ0n) is 21.0. The Morgan fingerprint density at radius 1 is 0.500 bits per heavy atom. The summed E-state index contributed by atoms with van der Waals surface area (Å²) in [7, 11) is 0. The Balaban J connectivity index is 1.58. The van der Waals surface area contributed by atoms with E-state index in [-0.39, 0.29) is 5.41 Å². The molecule has 0 atom stereocenters. The third-order valence-corrected chi connectivity index (χ3v) is 6.91. The number of rotatable bonds is 4. The van der Waals surface area contributed by atoms with Gasteiger partial charge in [-0.3, -0.25) is 0 Å². The van der Waals surface area contributed by atoms with Crippen LogP contribution in [0.2, 0.25) is 0 Å². The molecule has 0 aliphatic carbocycles. The summed E-state index contributed by atoms with van der Waals surface area (Å²) in [6.45, 7) is 6.83. The second-order valence-electron chi connectivity index (χ2n) is 10.4. The first kappa shape index (κ1) is 22.2. The van der Waals surface area contributed by atoms with E-state index in [0.29, 0.717) is 0 Å². The van der Waals surface area contributed by atoms with Crippen LogP contribution in [-0.4, -0.2) is 4.57 Å². The molecule has 0 spiro atoms. The molecule has 0 aliphatic rings. The Bertz CT molecular complexity index is 1620. The average Bonchev–Trinajstić information content (AvgIpc) is 3.24. The Hall–Kier alpha value is -4.30. The van der Waals surface area contributed by atoms with Crippen LogP contribution in [0.15, 0.2) is 127 Å². The van der Waals surface area contributed by atoms with Crippen LogP contribution < -0.4 is 4.90 Å². The lowest BCUT2D eigenvalue weighted by molar-refractivity contribution is 0.591. The molecule has 36 heavy (non-hydrogen) atoms. The highest BCUT2D eigenvalue weighted by molar-refractivity contribution is 6.09. The summed E-state index contributed by atoms with van der Waals surface area (Å²) in [6.07, 6.45) is 0. The van der Waals surface area contributed by atoms with E-state index in [1.165, 1.54) is 27.4 Å². The summed E-state index contributed by atoms with van der Waals surface area (Å²) in [5, 5.41) is 2.58. The molecular weight excluding hydrogens is 436 g/mol. The number of hydrogen-bond acceptors (Lipinski definition) is 1. The Morgan fingerprint density at radius 3 is 1.75 bits per heavy atom. The van der Waals surface area contributed by atoms with Crippen molar-refractivity contribution in [2.75, 3.05) is 4.90 Å². The first-order chi connectivity index (χ1) is 17.5. The van der Waals surface area contributed by atoms with Crippen LogP contribution in [0, 0.1) is 0 Å². The molecule has 0 saturated heterocycles.